The van der Waals surface area contributed by atoms with E-state index in [4.69, 9.17) is 0 Å². The fraction of sp³-hybridized carbons (Fsp3) is 0.467. The number of hydrogen-bond acceptors (Lipinski definition) is 2. The van der Waals surface area contributed by atoms with E-state index < -0.39 is 0 Å². The zero-order chi connectivity index (χ0) is 13.1. The Morgan fingerprint density at radius 1 is 1.28 bits per heavy atom. The van der Waals surface area contributed by atoms with Gasteiger partial charge in [0.05, 0.1) is 0 Å². The summed E-state index contributed by atoms with van der Waals surface area (Å²) in [4.78, 5) is 25.2. The maximum atomic E-state index is 12.3. The van der Waals surface area contributed by atoms with Gasteiger partial charge in [0, 0.05) is 31.5 Å². The highest BCUT2D eigenvalue weighted by molar-refractivity contribution is 5.95. The lowest BCUT2D eigenvalue weighted by molar-refractivity contribution is -0.126. The molecule has 1 aromatic carbocycles. The largest absolute Gasteiger partial charge is 0.315 e. The minimum absolute atomic E-state index is 0.00760. The van der Waals surface area contributed by atoms with Crippen LogP contribution in [0.25, 0.3) is 0 Å². The van der Waals surface area contributed by atoms with Crippen LogP contribution in [0.3, 0.4) is 0 Å². The molecule has 0 saturated heterocycles. The van der Waals surface area contributed by atoms with Crippen molar-refractivity contribution in [3.63, 3.8) is 0 Å². The molecule has 0 bridgehead atoms. The van der Waals surface area contributed by atoms with Gasteiger partial charge in [0.25, 0.3) is 0 Å². The van der Waals surface area contributed by atoms with Crippen LogP contribution >= 0.6 is 0 Å². The molecule has 1 amide bonds. The molecule has 3 nitrogen and oxygen atoms in total. The number of amides is 1. The van der Waals surface area contributed by atoms with Crippen LogP contribution < -0.4 is 4.90 Å². The van der Waals surface area contributed by atoms with Crippen LogP contribution in [0.1, 0.15) is 31.2 Å². The lowest BCUT2D eigenvalue weighted by Gasteiger charge is -2.26. The summed E-state index contributed by atoms with van der Waals surface area (Å²) in [5, 5.41) is 0. The number of carbonyl (C=O) groups is 2. The highest BCUT2D eigenvalue weighted by Crippen LogP contribution is 2.25. The fourth-order valence-corrected chi connectivity index (χ4v) is 2.42. The normalized spacial score (nSPS) is 16.7. The molecule has 18 heavy (non-hydrogen) atoms. The third-order valence-electron chi connectivity index (χ3n) is 3.61. The second-order valence-corrected chi connectivity index (χ2v) is 5.05. The molecule has 0 aliphatic heterocycles. The van der Waals surface area contributed by atoms with Gasteiger partial charge in [-0.2, -0.15) is 0 Å². The zero-order valence-corrected chi connectivity index (χ0v) is 11.0. The molecule has 0 unspecified atom stereocenters. The minimum atomic E-state index is 0.00760. The zero-order valence-electron chi connectivity index (χ0n) is 11.0. The van der Waals surface area contributed by atoms with E-state index in [0.717, 1.165) is 11.3 Å². The van der Waals surface area contributed by atoms with Gasteiger partial charge in [-0.15, -0.1) is 0 Å². The number of ketones is 1. The number of rotatable bonds is 2. The van der Waals surface area contributed by atoms with Crippen LogP contribution in [0.4, 0.5) is 5.69 Å². The maximum Gasteiger partial charge on any atom is 0.229 e. The number of nitrogens with zero attached hydrogens (tertiary/aromatic N) is 1. The molecule has 3 heteroatoms. The average Bonchev–Trinajstić information content (AvgIpc) is 2.38. The number of benzene rings is 1. The van der Waals surface area contributed by atoms with Crippen LogP contribution in [0.2, 0.25) is 0 Å². The molecule has 96 valence electrons. The summed E-state index contributed by atoms with van der Waals surface area (Å²) in [6.07, 6.45) is 2.51. The molecule has 0 atom stereocenters. The molecule has 0 aromatic heterocycles. The lowest BCUT2D eigenvalue weighted by atomic mass is 9.87. The Bertz CT molecular complexity index is 457. The van der Waals surface area contributed by atoms with Crippen LogP contribution in [0.15, 0.2) is 24.3 Å². The van der Waals surface area contributed by atoms with Crippen molar-refractivity contribution in [1.82, 2.24) is 0 Å². The summed E-state index contributed by atoms with van der Waals surface area (Å²) in [6, 6.07) is 7.92. The number of hydrogen-bond donors (Lipinski definition) is 0. The van der Waals surface area contributed by atoms with Gasteiger partial charge in [0.2, 0.25) is 5.91 Å². The monoisotopic (exact) mass is 245 g/mol. The van der Waals surface area contributed by atoms with Crippen LogP contribution in [-0.4, -0.2) is 18.7 Å². The molecule has 1 fully saturated rings. The van der Waals surface area contributed by atoms with Crippen molar-refractivity contribution in [2.75, 3.05) is 11.9 Å². The standard InChI is InChI=1S/C15H19NO2/c1-11-4-3-5-13(10-11)16(2)15(18)12-6-8-14(17)9-7-12/h3-5,10,12H,6-9H2,1-2H3. The van der Waals surface area contributed by atoms with Crippen molar-refractivity contribution in [2.24, 2.45) is 5.92 Å². The van der Waals surface area contributed by atoms with E-state index in [9.17, 15) is 9.59 Å². The fourth-order valence-electron chi connectivity index (χ4n) is 2.42. The summed E-state index contributed by atoms with van der Waals surface area (Å²) < 4.78 is 0. The quantitative estimate of drug-likeness (QED) is 0.803. The summed E-state index contributed by atoms with van der Waals surface area (Å²) in [5.41, 5.74) is 2.07. The molecule has 0 heterocycles. The van der Waals surface area contributed by atoms with Crippen LogP contribution in [0, 0.1) is 12.8 Å². The van der Waals surface area contributed by atoms with E-state index in [2.05, 4.69) is 0 Å². The Labute approximate surface area is 108 Å². The summed E-state index contributed by atoms with van der Waals surface area (Å²) >= 11 is 0. The molecule has 0 spiro atoms. The Morgan fingerprint density at radius 3 is 2.56 bits per heavy atom. The topological polar surface area (TPSA) is 37.4 Å². The number of aryl methyl sites for hydroxylation is 1. The second kappa shape index (κ2) is 5.34. The first-order chi connectivity index (χ1) is 8.58. The first-order valence-electron chi connectivity index (χ1n) is 6.44. The second-order valence-electron chi connectivity index (χ2n) is 5.05. The van der Waals surface area contributed by atoms with Crippen molar-refractivity contribution >= 4 is 17.4 Å². The summed E-state index contributed by atoms with van der Waals surface area (Å²) in [7, 11) is 1.81. The van der Waals surface area contributed by atoms with Gasteiger partial charge in [-0.1, -0.05) is 12.1 Å². The van der Waals surface area contributed by atoms with E-state index in [-0.39, 0.29) is 17.6 Å². The van der Waals surface area contributed by atoms with Crippen molar-refractivity contribution in [1.29, 1.82) is 0 Å². The third kappa shape index (κ3) is 2.78. The van der Waals surface area contributed by atoms with Crippen molar-refractivity contribution < 1.29 is 9.59 Å². The number of carbonyl (C=O) groups excluding carboxylic acids is 2. The van der Waals surface area contributed by atoms with E-state index in [1.807, 2.05) is 38.2 Å². The lowest BCUT2D eigenvalue weighted by Crippen LogP contribution is -2.35. The van der Waals surface area contributed by atoms with Crippen LogP contribution in [0.5, 0.6) is 0 Å². The molecular formula is C15H19NO2. The summed E-state index contributed by atoms with van der Waals surface area (Å²) in [5.74, 6) is 0.429. The van der Waals surface area contributed by atoms with E-state index in [1.165, 1.54) is 0 Å². The van der Waals surface area contributed by atoms with Gasteiger partial charge < -0.3 is 4.90 Å². The van der Waals surface area contributed by atoms with E-state index >= 15 is 0 Å². The smallest absolute Gasteiger partial charge is 0.229 e. The molecule has 1 aliphatic carbocycles. The highest BCUT2D eigenvalue weighted by Gasteiger charge is 2.27. The predicted molar refractivity (Wildman–Crippen MR) is 71.6 cm³/mol. The molecule has 0 radical (unpaired) electrons. The Balaban J connectivity index is 2.07. The molecule has 0 N–H and O–H groups in total. The van der Waals surface area contributed by atoms with Gasteiger partial charge in [-0.05, 0) is 37.5 Å². The van der Waals surface area contributed by atoms with Gasteiger partial charge >= 0.3 is 0 Å². The van der Waals surface area contributed by atoms with Gasteiger partial charge in [-0.3, -0.25) is 9.59 Å². The number of Topliss-reactive ketones (excluding diaryl/α,β-unsaturated/α-hetero) is 1. The highest BCUT2D eigenvalue weighted by atomic mass is 16.2. The maximum absolute atomic E-state index is 12.3. The van der Waals surface area contributed by atoms with Crippen molar-refractivity contribution in [2.45, 2.75) is 32.6 Å². The average molecular weight is 245 g/mol. The van der Waals surface area contributed by atoms with Gasteiger partial charge in [0.1, 0.15) is 5.78 Å². The van der Waals surface area contributed by atoms with Crippen molar-refractivity contribution in [3.8, 4) is 0 Å². The first-order valence-corrected chi connectivity index (χ1v) is 6.44. The Morgan fingerprint density at radius 2 is 1.94 bits per heavy atom. The minimum Gasteiger partial charge on any atom is -0.315 e. The van der Waals surface area contributed by atoms with Crippen LogP contribution in [-0.2, 0) is 9.59 Å². The molecule has 1 aromatic rings. The van der Waals surface area contributed by atoms with Crippen molar-refractivity contribution in [3.05, 3.63) is 29.8 Å². The predicted octanol–water partition coefficient (Wildman–Crippen LogP) is 2.72. The molecular weight excluding hydrogens is 226 g/mol. The van der Waals surface area contributed by atoms with E-state index in [1.54, 1.807) is 4.90 Å². The summed E-state index contributed by atoms with van der Waals surface area (Å²) in [6.45, 7) is 2.01. The Kier molecular flexibility index (Phi) is 3.80. The Hall–Kier alpha value is -1.64. The molecule has 2 rings (SSSR count). The van der Waals surface area contributed by atoms with Gasteiger partial charge in [-0.25, -0.2) is 0 Å². The molecule has 1 saturated carbocycles. The third-order valence-corrected chi connectivity index (χ3v) is 3.61. The SMILES string of the molecule is Cc1cccc(N(C)C(=O)C2CCC(=O)CC2)c1. The molecule has 1 aliphatic rings. The first kappa shape index (κ1) is 12.8. The van der Waals surface area contributed by atoms with E-state index in [0.29, 0.717) is 25.7 Å². The van der Waals surface area contributed by atoms with Gasteiger partial charge in [0.15, 0.2) is 0 Å². The number of anilines is 1.